The SMILES string of the molecule is CCCc1cc(NCC)nc(-c2ccc(C)cc2OC)n1. The molecule has 112 valence electrons. The number of hydrogen-bond acceptors (Lipinski definition) is 4. The Labute approximate surface area is 126 Å². The lowest BCUT2D eigenvalue weighted by Crippen LogP contribution is -2.04. The fourth-order valence-electron chi connectivity index (χ4n) is 2.26. The minimum Gasteiger partial charge on any atom is -0.496 e. The van der Waals surface area contributed by atoms with Gasteiger partial charge in [-0.15, -0.1) is 0 Å². The van der Waals surface area contributed by atoms with Crippen LogP contribution in [0.25, 0.3) is 11.4 Å². The summed E-state index contributed by atoms with van der Waals surface area (Å²) in [6, 6.07) is 8.12. The highest BCUT2D eigenvalue weighted by molar-refractivity contribution is 5.66. The number of hydrogen-bond donors (Lipinski definition) is 1. The highest BCUT2D eigenvalue weighted by Crippen LogP contribution is 2.29. The summed E-state index contributed by atoms with van der Waals surface area (Å²) in [5.74, 6) is 2.40. The fourth-order valence-corrected chi connectivity index (χ4v) is 2.26. The molecule has 1 aromatic carbocycles. The smallest absolute Gasteiger partial charge is 0.165 e. The van der Waals surface area contributed by atoms with Gasteiger partial charge in [0, 0.05) is 18.3 Å². The Kier molecular flexibility index (Phi) is 5.14. The lowest BCUT2D eigenvalue weighted by molar-refractivity contribution is 0.416. The number of ether oxygens (including phenoxy) is 1. The number of methoxy groups -OCH3 is 1. The Hall–Kier alpha value is -2.10. The molecule has 4 heteroatoms. The molecule has 0 saturated heterocycles. The van der Waals surface area contributed by atoms with E-state index in [1.807, 2.05) is 25.1 Å². The van der Waals surface area contributed by atoms with Gasteiger partial charge in [0.2, 0.25) is 0 Å². The average molecular weight is 285 g/mol. The molecule has 0 aliphatic heterocycles. The number of nitrogens with one attached hydrogen (secondary N) is 1. The molecule has 2 rings (SSSR count). The van der Waals surface area contributed by atoms with E-state index in [1.54, 1.807) is 7.11 Å². The van der Waals surface area contributed by atoms with Gasteiger partial charge in [-0.25, -0.2) is 9.97 Å². The van der Waals surface area contributed by atoms with Gasteiger partial charge in [0.15, 0.2) is 5.82 Å². The van der Waals surface area contributed by atoms with E-state index in [0.29, 0.717) is 5.82 Å². The minimum atomic E-state index is 0.716. The van der Waals surface area contributed by atoms with Gasteiger partial charge in [-0.2, -0.15) is 0 Å². The van der Waals surface area contributed by atoms with Crippen LogP contribution in [0.1, 0.15) is 31.5 Å². The van der Waals surface area contributed by atoms with Crippen LogP contribution in [0, 0.1) is 6.92 Å². The minimum absolute atomic E-state index is 0.716. The first kappa shape index (κ1) is 15.3. The topological polar surface area (TPSA) is 47.0 Å². The summed E-state index contributed by atoms with van der Waals surface area (Å²) in [6.07, 6.45) is 2.01. The Bertz CT molecular complexity index is 587. The van der Waals surface area contributed by atoms with Crippen LogP contribution in [-0.4, -0.2) is 23.6 Å². The van der Waals surface area contributed by atoms with Gasteiger partial charge in [-0.05, 0) is 38.0 Å². The summed E-state index contributed by atoms with van der Waals surface area (Å²) in [4.78, 5) is 9.29. The number of nitrogens with zero attached hydrogens (tertiary/aromatic N) is 2. The van der Waals surface area contributed by atoms with Crippen LogP contribution in [0.2, 0.25) is 0 Å². The summed E-state index contributed by atoms with van der Waals surface area (Å²) in [5.41, 5.74) is 3.15. The van der Waals surface area contributed by atoms with Crippen LogP contribution < -0.4 is 10.1 Å². The van der Waals surface area contributed by atoms with E-state index < -0.39 is 0 Å². The molecule has 1 N–H and O–H groups in total. The molecule has 0 spiro atoms. The van der Waals surface area contributed by atoms with E-state index in [1.165, 1.54) is 0 Å². The first-order chi connectivity index (χ1) is 10.2. The lowest BCUT2D eigenvalue weighted by Gasteiger charge is -2.12. The third-order valence-electron chi connectivity index (χ3n) is 3.24. The molecule has 0 unspecified atom stereocenters. The molecule has 0 aliphatic rings. The number of aryl methyl sites for hydroxylation is 2. The number of aromatic nitrogens is 2. The lowest BCUT2D eigenvalue weighted by atomic mass is 10.1. The monoisotopic (exact) mass is 285 g/mol. The van der Waals surface area contributed by atoms with Gasteiger partial charge < -0.3 is 10.1 Å². The van der Waals surface area contributed by atoms with Crippen molar-refractivity contribution in [2.45, 2.75) is 33.6 Å². The van der Waals surface area contributed by atoms with Crippen molar-refractivity contribution in [2.75, 3.05) is 19.0 Å². The Morgan fingerprint density at radius 3 is 2.62 bits per heavy atom. The number of benzene rings is 1. The zero-order valence-corrected chi connectivity index (χ0v) is 13.2. The number of anilines is 1. The third-order valence-corrected chi connectivity index (χ3v) is 3.24. The molecule has 0 radical (unpaired) electrons. The summed E-state index contributed by atoms with van der Waals surface area (Å²) in [5, 5.41) is 3.27. The van der Waals surface area contributed by atoms with E-state index in [9.17, 15) is 0 Å². The van der Waals surface area contributed by atoms with Crippen molar-refractivity contribution < 1.29 is 4.74 Å². The largest absolute Gasteiger partial charge is 0.496 e. The van der Waals surface area contributed by atoms with E-state index in [2.05, 4.69) is 35.2 Å². The van der Waals surface area contributed by atoms with Gasteiger partial charge >= 0.3 is 0 Å². The maximum absolute atomic E-state index is 5.48. The quantitative estimate of drug-likeness (QED) is 0.876. The van der Waals surface area contributed by atoms with E-state index in [4.69, 9.17) is 4.74 Å². The molecule has 2 aromatic rings. The van der Waals surface area contributed by atoms with Gasteiger partial charge in [-0.1, -0.05) is 19.4 Å². The first-order valence-electron chi connectivity index (χ1n) is 7.44. The van der Waals surface area contributed by atoms with Gasteiger partial charge in [0.25, 0.3) is 0 Å². The molecule has 0 fully saturated rings. The second kappa shape index (κ2) is 7.07. The second-order valence-electron chi connectivity index (χ2n) is 5.05. The van der Waals surface area contributed by atoms with Gasteiger partial charge in [-0.3, -0.25) is 0 Å². The molecule has 0 saturated carbocycles. The zero-order chi connectivity index (χ0) is 15.2. The molecule has 1 aromatic heterocycles. The maximum Gasteiger partial charge on any atom is 0.165 e. The van der Waals surface area contributed by atoms with E-state index in [0.717, 1.165) is 47.8 Å². The molecule has 4 nitrogen and oxygen atoms in total. The molecule has 0 bridgehead atoms. The second-order valence-corrected chi connectivity index (χ2v) is 5.05. The molecule has 0 aliphatic carbocycles. The normalized spacial score (nSPS) is 10.5. The molecule has 1 heterocycles. The van der Waals surface area contributed by atoms with Crippen molar-refractivity contribution in [3.05, 3.63) is 35.5 Å². The predicted octanol–water partition coefficient (Wildman–Crippen LogP) is 3.84. The first-order valence-corrected chi connectivity index (χ1v) is 7.44. The third kappa shape index (κ3) is 3.72. The van der Waals surface area contributed by atoms with Crippen LogP contribution in [0.4, 0.5) is 5.82 Å². The van der Waals surface area contributed by atoms with Crippen LogP contribution in [0.15, 0.2) is 24.3 Å². The predicted molar refractivity (Wildman–Crippen MR) is 86.9 cm³/mol. The molecular formula is C17H23N3O. The summed E-state index contributed by atoms with van der Waals surface area (Å²) in [7, 11) is 1.68. The zero-order valence-electron chi connectivity index (χ0n) is 13.2. The molecule has 21 heavy (non-hydrogen) atoms. The highest BCUT2D eigenvalue weighted by atomic mass is 16.5. The molecular weight excluding hydrogens is 262 g/mol. The molecule has 0 amide bonds. The summed E-state index contributed by atoms with van der Waals surface area (Å²) in [6.45, 7) is 7.10. The van der Waals surface area contributed by atoms with Crippen molar-refractivity contribution in [1.29, 1.82) is 0 Å². The molecule has 0 atom stereocenters. The van der Waals surface area contributed by atoms with Crippen molar-refractivity contribution in [2.24, 2.45) is 0 Å². The maximum atomic E-state index is 5.48. The Morgan fingerprint density at radius 1 is 1.14 bits per heavy atom. The van der Waals surface area contributed by atoms with Crippen molar-refractivity contribution in [3.8, 4) is 17.1 Å². The van der Waals surface area contributed by atoms with Crippen LogP contribution in [0.5, 0.6) is 5.75 Å². The van der Waals surface area contributed by atoms with Crippen LogP contribution in [0.3, 0.4) is 0 Å². The fraction of sp³-hybridized carbons (Fsp3) is 0.412. The highest BCUT2D eigenvalue weighted by Gasteiger charge is 2.11. The van der Waals surface area contributed by atoms with Crippen molar-refractivity contribution in [1.82, 2.24) is 9.97 Å². The summed E-state index contributed by atoms with van der Waals surface area (Å²) >= 11 is 0. The standard InChI is InChI=1S/C17H23N3O/c1-5-7-13-11-16(18-6-2)20-17(19-13)14-9-8-12(3)10-15(14)21-4/h8-11H,5-7H2,1-4H3,(H,18,19,20). The Balaban J connectivity index is 2.51. The summed E-state index contributed by atoms with van der Waals surface area (Å²) < 4.78 is 5.48. The van der Waals surface area contributed by atoms with Gasteiger partial charge in [0.05, 0.1) is 12.7 Å². The van der Waals surface area contributed by atoms with Gasteiger partial charge in [0.1, 0.15) is 11.6 Å². The van der Waals surface area contributed by atoms with Crippen LogP contribution >= 0.6 is 0 Å². The Morgan fingerprint density at radius 2 is 1.95 bits per heavy atom. The van der Waals surface area contributed by atoms with E-state index >= 15 is 0 Å². The van der Waals surface area contributed by atoms with Crippen LogP contribution in [-0.2, 0) is 6.42 Å². The van der Waals surface area contributed by atoms with E-state index in [-0.39, 0.29) is 0 Å². The number of rotatable bonds is 6. The van der Waals surface area contributed by atoms with Crippen molar-refractivity contribution >= 4 is 5.82 Å². The average Bonchev–Trinajstić information content (AvgIpc) is 2.47. The van der Waals surface area contributed by atoms with Crippen molar-refractivity contribution in [3.63, 3.8) is 0 Å².